The standard InChI is InChI=1S/2C2H4O2S.Ni/c2*3-2(4)1-5;/h2*5H,1H2,(H,3,4);/q;;+2/p-2. The van der Waals surface area contributed by atoms with E-state index in [0.717, 1.165) is 0 Å². The van der Waals surface area contributed by atoms with Crippen LogP contribution in [0.5, 0.6) is 0 Å². The zero-order valence-electron chi connectivity index (χ0n) is 5.26. The Morgan fingerprint density at radius 1 is 1.00 bits per heavy atom. The van der Waals surface area contributed by atoms with E-state index in [9.17, 15) is 19.8 Å². The Bertz CT molecular complexity index is 105. The fourth-order valence-electron chi connectivity index (χ4n) is 0. The van der Waals surface area contributed by atoms with Gasteiger partial charge in [-0.3, -0.25) is 0 Å². The van der Waals surface area contributed by atoms with Gasteiger partial charge in [0.15, 0.2) is 0 Å². The molecule has 68 valence electrons. The molecule has 0 fully saturated rings. The maximum absolute atomic E-state index is 9.18. The molecular weight excluding hydrogens is 235 g/mol. The maximum atomic E-state index is 9.18. The number of thiol groups is 2. The van der Waals surface area contributed by atoms with E-state index in [2.05, 4.69) is 25.3 Å². The number of carboxylic acids is 2. The van der Waals surface area contributed by atoms with Crippen LogP contribution in [0.4, 0.5) is 0 Å². The Kier molecular flexibility index (Phi) is 20.1. The smallest absolute Gasteiger partial charge is 0.549 e. The normalized spacial score (nSPS) is 6.73. The Morgan fingerprint density at radius 3 is 1.09 bits per heavy atom. The molecule has 11 heavy (non-hydrogen) atoms. The Balaban J connectivity index is -0.000000107. The molecule has 0 N–H and O–H groups in total. The van der Waals surface area contributed by atoms with Gasteiger partial charge in [-0.15, -0.1) is 0 Å². The molecule has 0 rings (SSSR count). The summed E-state index contributed by atoms with van der Waals surface area (Å²) in [5.74, 6) is -2.65. The fraction of sp³-hybridized carbons (Fsp3) is 0.500. The van der Waals surface area contributed by atoms with E-state index in [1.165, 1.54) is 0 Å². The van der Waals surface area contributed by atoms with Crippen LogP contribution >= 0.6 is 25.3 Å². The molecule has 0 spiro atoms. The van der Waals surface area contributed by atoms with E-state index in [1.807, 2.05) is 0 Å². The first kappa shape index (κ1) is 17.3. The monoisotopic (exact) mass is 240 g/mol. The molecule has 0 radical (unpaired) electrons. The summed E-state index contributed by atoms with van der Waals surface area (Å²) in [5.41, 5.74) is 0. The van der Waals surface area contributed by atoms with Gasteiger partial charge in [0.2, 0.25) is 0 Å². The summed E-state index contributed by atoms with van der Waals surface area (Å²) in [6.45, 7) is 0. The average Bonchev–Trinajstić information content (AvgIpc) is 1.89. The fourth-order valence-corrected chi connectivity index (χ4v) is 0. The summed E-state index contributed by atoms with van der Waals surface area (Å²) in [5, 5.41) is 18.4. The molecule has 0 saturated heterocycles. The first-order valence-electron chi connectivity index (χ1n) is 2.16. The predicted molar refractivity (Wildman–Crippen MR) is 37.7 cm³/mol. The van der Waals surface area contributed by atoms with Crippen molar-refractivity contribution >= 4 is 37.2 Å². The molecule has 0 unspecified atom stereocenters. The first-order valence-corrected chi connectivity index (χ1v) is 3.42. The zero-order chi connectivity index (χ0) is 8.57. The minimum atomic E-state index is -1.13. The number of rotatable bonds is 2. The summed E-state index contributed by atoms with van der Waals surface area (Å²) in [4.78, 5) is 18.4. The van der Waals surface area contributed by atoms with Crippen LogP contribution in [0.15, 0.2) is 0 Å². The van der Waals surface area contributed by atoms with Crippen LogP contribution in [0.3, 0.4) is 0 Å². The molecule has 0 aliphatic carbocycles. The summed E-state index contributed by atoms with van der Waals surface area (Å²) < 4.78 is 0. The largest absolute Gasteiger partial charge is 2.00 e. The summed E-state index contributed by atoms with van der Waals surface area (Å²) in [6, 6.07) is 0. The average molecular weight is 241 g/mol. The van der Waals surface area contributed by atoms with Crippen molar-refractivity contribution in [3.8, 4) is 0 Å². The molecule has 0 aliphatic rings. The molecule has 4 nitrogen and oxygen atoms in total. The van der Waals surface area contributed by atoms with Crippen LogP contribution in [-0.2, 0) is 26.1 Å². The molecular formula is C4H6NiO4S2. The van der Waals surface area contributed by atoms with Gasteiger partial charge in [-0.05, 0) is 0 Å². The van der Waals surface area contributed by atoms with Gasteiger partial charge in [-0.2, -0.15) is 25.3 Å². The molecule has 0 aliphatic heterocycles. The van der Waals surface area contributed by atoms with E-state index in [4.69, 9.17) is 0 Å². The third-order valence-electron chi connectivity index (χ3n) is 0.258. The topological polar surface area (TPSA) is 80.3 Å². The van der Waals surface area contributed by atoms with Crippen LogP contribution < -0.4 is 10.2 Å². The van der Waals surface area contributed by atoms with Crippen LogP contribution in [0.2, 0.25) is 0 Å². The van der Waals surface area contributed by atoms with E-state index < -0.39 is 11.9 Å². The van der Waals surface area contributed by atoms with Gasteiger partial charge in [-0.25, -0.2) is 0 Å². The van der Waals surface area contributed by atoms with Crippen LogP contribution in [0.25, 0.3) is 0 Å². The van der Waals surface area contributed by atoms with Gasteiger partial charge in [0.25, 0.3) is 0 Å². The Labute approximate surface area is 85.1 Å². The van der Waals surface area contributed by atoms with Crippen molar-refractivity contribution in [1.82, 2.24) is 0 Å². The number of hydrogen-bond acceptors (Lipinski definition) is 6. The van der Waals surface area contributed by atoms with Gasteiger partial charge in [0.05, 0.1) is 11.9 Å². The first-order chi connectivity index (χ1) is 4.54. The maximum Gasteiger partial charge on any atom is 2.00 e. The molecule has 0 amide bonds. The minimum Gasteiger partial charge on any atom is -0.549 e. The van der Waals surface area contributed by atoms with Crippen molar-refractivity contribution < 1.29 is 36.3 Å². The second-order valence-corrected chi connectivity index (χ2v) is 1.69. The SMILES string of the molecule is O=C([O-])CS.O=C([O-])CS.[Ni+2]. The number of aliphatic carboxylic acids is 2. The Morgan fingerprint density at radius 2 is 1.09 bits per heavy atom. The number of hydrogen-bond donors (Lipinski definition) is 2. The second kappa shape index (κ2) is 12.8. The zero-order valence-corrected chi connectivity index (χ0v) is 8.03. The van der Waals surface area contributed by atoms with Crippen molar-refractivity contribution in [3.05, 3.63) is 0 Å². The van der Waals surface area contributed by atoms with E-state index in [1.54, 1.807) is 0 Å². The molecule has 0 heterocycles. The quantitative estimate of drug-likeness (QED) is 0.408. The van der Waals surface area contributed by atoms with Crippen molar-refractivity contribution in [2.24, 2.45) is 0 Å². The van der Waals surface area contributed by atoms with Gasteiger partial charge in [0, 0.05) is 11.5 Å². The molecule has 0 saturated carbocycles. The molecule has 0 atom stereocenters. The second-order valence-electron chi connectivity index (χ2n) is 1.06. The summed E-state index contributed by atoms with van der Waals surface area (Å²) in [7, 11) is 0. The van der Waals surface area contributed by atoms with Crippen molar-refractivity contribution in [2.75, 3.05) is 11.5 Å². The van der Waals surface area contributed by atoms with Crippen LogP contribution in [0, 0.1) is 0 Å². The molecule has 0 bridgehead atoms. The van der Waals surface area contributed by atoms with Gasteiger partial charge < -0.3 is 19.8 Å². The van der Waals surface area contributed by atoms with Crippen molar-refractivity contribution in [2.45, 2.75) is 0 Å². The predicted octanol–water partition coefficient (Wildman–Crippen LogP) is -2.67. The van der Waals surface area contributed by atoms with Crippen LogP contribution in [0.1, 0.15) is 0 Å². The molecule has 0 aromatic carbocycles. The van der Waals surface area contributed by atoms with Gasteiger partial charge in [-0.1, -0.05) is 0 Å². The third-order valence-corrected chi connectivity index (χ3v) is 0.775. The number of carbonyl (C=O) groups is 2. The molecule has 0 aromatic rings. The van der Waals surface area contributed by atoms with E-state index in [0.29, 0.717) is 0 Å². The third kappa shape index (κ3) is 39.2. The van der Waals surface area contributed by atoms with Crippen molar-refractivity contribution in [3.63, 3.8) is 0 Å². The molecule has 7 heteroatoms. The minimum absolute atomic E-state index is 0. The summed E-state index contributed by atoms with van der Waals surface area (Å²) in [6.07, 6.45) is 0. The molecule has 0 aromatic heterocycles. The van der Waals surface area contributed by atoms with Gasteiger partial charge in [0.1, 0.15) is 0 Å². The van der Waals surface area contributed by atoms with E-state index >= 15 is 0 Å². The number of carbonyl (C=O) groups excluding carboxylic acids is 2. The van der Waals surface area contributed by atoms with Crippen LogP contribution in [-0.4, -0.2) is 23.4 Å². The summed E-state index contributed by atoms with van der Waals surface area (Å²) >= 11 is 6.71. The van der Waals surface area contributed by atoms with E-state index in [-0.39, 0.29) is 28.0 Å². The Hall–Kier alpha value is 0.134. The van der Waals surface area contributed by atoms with Gasteiger partial charge >= 0.3 is 16.5 Å². The van der Waals surface area contributed by atoms with Crippen molar-refractivity contribution in [1.29, 1.82) is 0 Å². The number of carboxylic acid groups (broad SMARTS) is 2.